The van der Waals surface area contributed by atoms with Gasteiger partial charge in [0.05, 0.1) is 25.5 Å². The van der Waals surface area contributed by atoms with Gasteiger partial charge in [0, 0.05) is 26.1 Å². The molecule has 0 radical (unpaired) electrons. The van der Waals surface area contributed by atoms with E-state index in [1.165, 1.54) is 0 Å². The van der Waals surface area contributed by atoms with Crippen molar-refractivity contribution in [3.63, 3.8) is 0 Å². The molecule has 1 aromatic rings. The summed E-state index contributed by atoms with van der Waals surface area (Å²) >= 11 is 0. The Kier molecular flexibility index (Phi) is 34.9. The highest BCUT2D eigenvalue weighted by Crippen LogP contribution is 2.12. The summed E-state index contributed by atoms with van der Waals surface area (Å²) < 4.78 is 0. The third-order valence-electron chi connectivity index (χ3n) is 12.7. The van der Waals surface area contributed by atoms with Gasteiger partial charge in [-0.3, -0.25) is 67.7 Å². The Balaban J connectivity index is 3.49. The molecule has 10 amide bonds. The second-order valence-electron chi connectivity index (χ2n) is 21.4. The lowest BCUT2D eigenvalue weighted by Gasteiger charge is -2.28. The summed E-state index contributed by atoms with van der Waals surface area (Å²) in [5.41, 5.74) is 44.9. The van der Waals surface area contributed by atoms with E-state index in [9.17, 15) is 72.9 Å². The van der Waals surface area contributed by atoms with E-state index in [2.05, 4.69) is 62.8 Å². The largest absolute Gasteiger partial charge is 0.481 e. The van der Waals surface area contributed by atoms with E-state index in [0.29, 0.717) is 5.56 Å². The molecule has 35 nitrogen and oxygen atoms in total. The topological polar surface area (TPSA) is 619 Å². The van der Waals surface area contributed by atoms with Crippen LogP contribution in [0.3, 0.4) is 0 Å². The first-order chi connectivity index (χ1) is 41.2. The normalized spacial score (nSPS) is 14.3. The molecule has 0 unspecified atom stereocenters. The number of carboxylic acids is 2. The van der Waals surface area contributed by atoms with Gasteiger partial charge in [-0.15, -0.1) is 0 Å². The molecule has 35 heteroatoms. The first kappa shape index (κ1) is 76.6. The number of carbonyl (C=O) groups is 12. The minimum atomic E-state index is -2.01. The van der Waals surface area contributed by atoms with Crippen molar-refractivity contribution in [2.24, 2.45) is 72.7 Å². The molecule has 0 fully saturated rings. The quantitative estimate of drug-likeness (QED) is 0.0164. The average Bonchev–Trinajstić information content (AvgIpc) is 2.07. The molecular weight excluding hydrogens is 1160 g/mol. The smallest absolute Gasteiger partial charge is 0.326 e. The van der Waals surface area contributed by atoms with Gasteiger partial charge in [0.15, 0.2) is 17.9 Å². The number of aliphatic imine (C=N–C) groups is 3. The second kappa shape index (κ2) is 40.1. The molecule has 0 saturated heterocycles. The number of carbonyl (C=O) groups excluding carboxylic acids is 10. The van der Waals surface area contributed by atoms with E-state index >= 15 is 0 Å². The molecule has 28 N–H and O–H groups in total. The Morgan fingerprint density at radius 3 is 1.19 bits per heavy atom. The van der Waals surface area contributed by atoms with E-state index < -0.39 is 151 Å². The SMILES string of the molecule is CC(C)C[C@H](NC(=O)[C@H](CCCN=C(N)N)NC(=O)[C@H](CCCN=C(N)N)NC(=O)[C@H](CCCN=C(N)N)NC(=O)[C@@H](N)CC(C)C)C(=O)N[C@@H](CO)C(=O)N[C@@H](CC(=O)O)C(=O)N[C@@H](C)C(=O)N[C@@H](CC(N)=O)C(=O)N[C@@H](Cc1ccccc1)C(=O)O. The van der Waals surface area contributed by atoms with Crippen molar-refractivity contribution in [3.8, 4) is 0 Å². The summed E-state index contributed by atoms with van der Waals surface area (Å²) in [6.45, 7) is 7.00. The maximum absolute atomic E-state index is 14.3. The Morgan fingerprint density at radius 2 is 0.784 bits per heavy atom. The number of aliphatic hydroxyl groups is 1. The maximum Gasteiger partial charge on any atom is 0.326 e. The van der Waals surface area contributed by atoms with Gasteiger partial charge in [0.25, 0.3) is 0 Å². The highest BCUT2D eigenvalue weighted by Gasteiger charge is 2.36. The number of aliphatic carboxylic acids is 2. The number of amides is 10. The average molecular weight is 1250 g/mol. The molecule has 0 saturated carbocycles. The summed E-state index contributed by atoms with van der Waals surface area (Å²) in [5, 5.41) is 51.2. The molecule has 1 rings (SSSR count). The zero-order valence-electron chi connectivity index (χ0n) is 50.1. The lowest BCUT2D eigenvalue weighted by molar-refractivity contribution is -0.142. The minimum Gasteiger partial charge on any atom is -0.481 e. The number of rotatable bonds is 42. The predicted molar refractivity (Wildman–Crippen MR) is 321 cm³/mol. The van der Waals surface area contributed by atoms with E-state index in [4.69, 9.17) is 45.9 Å². The van der Waals surface area contributed by atoms with Crippen LogP contribution in [0.4, 0.5) is 0 Å². The predicted octanol–water partition coefficient (Wildman–Crippen LogP) is -7.38. The van der Waals surface area contributed by atoms with Gasteiger partial charge in [-0.05, 0) is 75.7 Å². The van der Waals surface area contributed by atoms with Gasteiger partial charge in [-0.1, -0.05) is 58.0 Å². The summed E-state index contributed by atoms with van der Waals surface area (Å²) in [7, 11) is 0. The fourth-order valence-electron chi connectivity index (χ4n) is 8.26. The standard InChI is InChI=1S/C53H90N20O15/c1-26(2)20-30(54)42(79)66-31(14-9-17-62-51(56)57)43(80)67-32(15-10-18-63-52(58)59)44(81)68-33(16-11-19-64-53(60)61)45(82)70-34(21-27(3)4)47(84)73-38(25-74)49(86)71-36(24-40(76)77)46(83)65-28(5)41(78)69-35(23-39(55)75)48(85)72-37(50(87)88)22-29-12-7-6-8-13-29/h6-8,12-13,26-28,30-38,74H,9-11,14-25,54H2,1-5H3,(H2,55,75)(H,65,83)(H,66,79)(H,67,80)(H,68,81)(H,69,78)(H,70,82)(H,71,86)(H,72,85)(H,73,84)(H,76,77)(H,87,88)(H4,56,57,62)(H4,58,59,63)(H4,60,61,64)/t28-,30-,31-,32-,33-,34-,35-,36-,37-,38-/m0/s1. The number of carboxylic acid groups (broad SMARTS) is 2. The molecule has 0 aromatic heterocycles. The van der Waals surface area contributed by atoms with Gasteiger partial charge in [0.1, 0.15) is 54.4 Å². The number of aliphatic hydroxyl groups excluding tert-OH is 1. The molecular formula is C53H90N20O15. The highest BCUT2D eigenvalue weighted by atomic mass is 16.4. The van der Waals surface area contributed by atoms with Crippen LogP contribution in [0.25, 0.3) is 0 Å². The first-order valence-corrected chi connectivity index (χ1v) is 28.3. The number of primary amides is 1. The molecule has 0 bridgehead atoms. The first-order valence-electron chi connectivity index (χ1n) is 28.3. The van der Waals surface area contributed by atoms with Gasteiger partial charge in [0.2, 0.25) is 59.1 Å². The Morgan fingerprint density at radius 1 is 0.432 bits per heavy atom. The summed E-state index contributed by atoms with van der Waals surface area (Å²) in [5.74, 6) is -14.6. The van der Waals surface area contributed by atoms with Crippen molar-refractivity contribution in [3.05, 3.63) is 35.9 Å². The molecule has 0 spiro atoms. The lowest BCUT2D eigenvalue weighted by atomic mass is 10.0. The van der Waals surface area contributed by atoms with Crippen LogP contribution >= 0.6 is 0 Å². The number of nitrogens with two attached hydrogens (primary N) is 8. The second-order valence-corrected chi connectivity index (χ2v) is 21.4. The molecule has 0 aliphatic heterocycles. The molecule has 0 aliphatic rings. The Bertz CT molecular complexity index is 2610. The van der Waals surface area contributed by atoms with Crippen molar-refractivity contribution in [1.82, 2.24) is 47.9 Å². The number of nitrogens with zero attached hydrogens (tertiary/aromatic N) is 3. The minimum absolute atomic E-state index is 0.00226. The monoisotopic (exact) mass is 1250 g/mol. The lowest BCUT2D eigenvalue weighted by Crippen LogP contribution is -2.61. The number of hydrogen-bond acceptors (Lipinski definition) is 17. The van der Waals surface area contributed by atoms with Crippen LogP contribution in [0.1, 0.15) is 104 Å². The maximum atomic E-state index is 14.3. The third kappa shape index (κ3) is 31.6. The fraction of sp³-hybridized carbons (Fsp3) is 0.604. The van der Waals surface area contributed by atoms with Gasteiger partial charge in [-0.25, -0.2) is 4.79 Å². The number of hydrogen-bond donors (Lipinski definition) is 20. The van der Waals surface area contributed by atoms with E-state index in [-0.39, 0.29) is 107 Å². The van der Waals surface area contributed by atoms with Crippen molar-refractivity contribution in [2.75, 3.05) is 26.2 Å². The van der Waals surface area contributed by atoms with Gasteiger partial charge < -0.3 is 109 Å². The fourth-order valence-corrected chi connectivity index (χ4v) is 8.26. The van der Waals surface area contributed by atoms with Crippen LogP contribution in [0, 0.1) is 11.8 Å². The molecule has 492 valence electrons. The number of benzene rings is 1. The zero-order valence-corrected chi connectivity index (χ0v) is 50.1. The van der Waals surface area contributed by atoms with Crippen LogP contribution < -0.4 is 93.7 Å². The molecule has 88 heavy (non-hydrogen) atoms. The summed E-state index contributed by atoms with van der Waals surface area (Å²) in [6, 6.07) is -7.39. The third-order valence-corrected chi connectivity index (χ3v) is 12.7. The Labute approximate surface area is 508 Å². The van der Waals surface area contributed by atoms with Crippen molar-refractivity contribution in [2.45, 2.75) is 166 Å². The van der Waals surface area contributed by atoms with Crippen molar-refractivity contribution >= 4 is 88.9 Å². The van der Waals surface area contributed by atoms with Crippen molar-refractivity contribution < 1.29 is 72.9 Å². The molecule has 1 aromatic carbocycles. The Hall–Kier alpha value is -9.41. The van der Waals surface area contributed by atoms with Crippen LogP contribution in [-0.4, -0.2) is 191 Å². The van der Waals surface area contributed by atoms with E-state index in [1.54, 1.807) is 44.2 Å². The summed E-state index contributed by atoms with van der Waals surface area (Å²) in [4.78, 5) is 171. The van der Waals surface area contributed by atoms with Gasteiger partial charge >= 0.3 is 11.9 Å². The van der Waals surface area contributed by atoms with E-state index in [1.807, 2.05) is 13.8 Å². The summed E-state index contributed by atoms with van der Waals surface area (Å²) in [6.07, 6.45) is -1.96. The zero-order chi connectivity index (χ0) is 66.8. The van der Waals surface area contributed by atoms with Gasteiger partial charge in [-0.2, -0.15) is 0 Å². The molecule has 0 aliphatic carbocycles. The number of guanidine groups is 3. The van der Waals surface area contributed by atoms with Crippen LogP contribution in [0.15, 0.2) is 45.3 Å². The number of nitrogens with one attached hydrogen (secondary N) is 9. The molecule has 0 heterocycles. The van der Waals surface area contributed by atoms with Crippen LogP contribution in [-0.2, 0) is 64.0 Å². The van der Waals surface area contributed by atoms with Crippen LogP contribution in [0.2, 0.25) is 0 Å². The molecule has 10 atom stereocenters. The van der Waals surface area contributed by atoms with Crippen LogP contribution in [0.5, 0.6) is 0 Å². The van der Waals surface area contributed by atoms with E-state index in [0.717, 1.165) is 6.92 Å². The highest BCUT2D eigenvalue weighted by molar-refractivity contribution is 6.00. The van der Waals surface area contributed by atoms with Crippen molar-refractivity contribution in [1.29, 1.82) is 0 Å².